The van der Waals surface area contributed by atoms with Gasteiger partial charge < -0.3 is 15.4 Å². The van der Waals surface area contributed by atoms with Gasteiger partial charge >= 0.3 is 13.8 Å². The Morgan fingerprint density at radius 3 is 2.44 bits per heavy atom. The number of hydrogen-bond donors (Lipinski definition) is 2. The number of thioether (sulfide) groups is 1. The Hall–Kier alpha value is -2.05. The van der Waals surface area contributed by atoms with E-state index in [9.17, 15) is 28.5 Å². The van der Waals surface area contributed by atoms with E-state index < -0.39 is 48.0 Å². The van der Waals surface area contributed by atoms with Crippen LogP contribution in [-0.2, 0) is 46.8 Å². The van der Waals surface area contributed by atoms with Gasteiger partial charge in [0.25, 0.3) is 0 Å². The Morgan fingerprint density at radius 1 is 1.11 bits per heavy atom. The number of phosphoric acid groups is 1. The van der Waals surface area contributed by atoms with E-state index in [4.69, 9.17) is 13.6 Å². The molecule has 3 atom stereocenters. The van der Waals surface area contributed by atoms with Crippen LogP contribution in [0.3, 0.4) is 0 Å². The van der Waals surface area contributed by atoms with E-state index in [0.717, 1.165) is 23.9 Å². The van der Waals surface area contributed by atoms with Crippen molar-refractivity contribution in [1.29, 1.82) is 0 Å². The summed E-state index contributed by atoms with van der Waals surface area (Å²) in [4.78, 5) is 59.9. The van der Waals surface area contributed by atoms with E-state index >= 15 is 0 Å². The highest BCUT2D eigenvalue weighted by Crippen LogP contribution is 2.57. The Labute approximate surface area is 215 Å². The van der Waals surface area contributed by atoms with Gasteiger partial charge in [-0.15, -0.1) is 0 Å². The molecule has 1 fully saturated rings. The summed E-state index contributed by atoms with van der Waals surface area (Å²) < 4.78 is 32.6. The standard InChI is InChI=1S/C22H35N2O10PS/c1-6-31-18(27)9-8-16(25)15(3)21(29)36-13-12-23-17(26)10-11-24-20(28)19-22(4,5)14-33-35(30,34-19)32-7-2/h8-9,15,19H,6-7,10-14H2,1-5H3,(H,23,26)(H,24,28)/b9-8+/t15?,19-,35?/m0/s1. The fourth-order valence-corrected chi connectivity index (χ4v) is 5.21. The number of ether oxygens (including phenoxy) is 1. The van der Waals surface area contributed by atoms with Gasteiger partial charge in [0.2, 0.25) is 11.8 Å². The second-order valence-electron chi connectivity index (χ2n) is 8.38. The van der Waals surface area contributed by atoms with Gasteiger partial charge in [-0.1, -0.05) is 25.6 Å². The van der Waals surface area contributed by atoms with Crippen LogP contribution in [0.25, 0.3) is 0 Å². The van der Waals surface area contributed by atoms with Crippen molar-refractivity contribution < 1.29 is 46.8 Å². The molecule has 14 heteroatoms. The topological polar surface area (TPSA) is 163 Å². The van der Waals surface area contributed by atoms with Crippen molar-refractivity contribution in [2.75, 3.05) is 38.7 Å². The zero-order chi connectivity index (χ0) is 27.4. The molecule has 0 bridgehead atoms. The normalized spacial score (nSPS) is 22.0. The molecule has 1 rings (SSSR count). The van der Waals surface area contributed by atoms with Crippen LogP contribution in [0.2, 0.25) is 0 Å². The molecule has 2 unspecified atom stereocenters. The third-order valence-corrected chi connectivity index (χ3v) is 7.37. The van der Waals surface area contributed by atoms with Gasteiger partial charge in [0.1, 0.15) is 0 Å². The lowest BCUT2D eigenvalue weighted by molar-refractivity contribution is -0.141. The Kier molecular flexibility index (Phi) is 13.6. The number of ketones is 1. The SMILES string of the molecule is CCOC(=O)/C=C/C(=O)C(C)C(=O)SCCNC(=O)CCNC(=O)[C@@H]1OP(=O)(OCC)OCC1(C)C. The van der Waals surface area contributed by atoms with Crippen LogP contribution < -0.4 is 10.6 Å². The largest absolute Gasteiger partial charge is 0.475 e. The molecule has 0 aromatic rings. The first-order valence-electron chi connectivity index (χ1n) is 11.5. The molecular formula is C22H35N2O10PS. The fourth-order valence-electron chi connectivity index (χ4n) is 2.80. The lowest BCUT2D eigenvalue weighted by Crippen LogP contribution is -2.50. The van der Waals surface area contributed by atoms with Gasteiger partial charge in [-0.25, -0.2) is 9.36 Å². The predicted molar refractivity (Wildman–Crippen MR) is 132 cm³/mol. The number of carbonyl (C=O) groups is 5. The van der Waals surface area contributed by atoms with Crippen LogP contribution in [0.1, 0.15) is 41.0 Å². The summed E-state index contributed by atoms with van der Waals surface area (Å²) in [7, 11) is -3.82. The number of nitrogens with one attached hydrogen (secondary N) is 2. The Morgan fingerprint density at radius 2 is 1.81 bits per heavy atom. The van der Waals surface area contributed by atoms with Crippen molar-refractivity contribution in [1.82, 2.24) is 10.6 Å². The lowest BCUT2D eigenvalue weighted by atomic mass is 9.87. The highest BCUT2D eigenvalue weighted by molar-refractivity contribution is 8.13. The number of amides is 2. The van der Waals surface area contributed by atoms with Crippen molar-refractivity contribution in [3.8, 4) is 0 Å². The third kappa shape index (κ3) is 10.9. The van der Waals surface area contributed by atoms with E-state index in [1.165, 1.54) is 6.92 Å². The molecule has 1 heterocycles. The maximum Gasteiger partial charge on any atom is 0.475 e. The number of esters is 1. The average Bonchev–Trinajstić information content (AvgIpc) is 2.81. The minimum Gasteiger partial charge on any atom is -0.463 e. The first kappa shape index (κ1) is 32.0. The van der Waals surface area contributed by atoms with E-state index in [0.29, 0.717) is 0 Å². The number of rotatable bonds is 14. The highest BCUT2D eigenvalue weighted by atomic mass is 32.2. The summed E-state index contributed by atoms with van der Waals surface area (Å²) in [5, 5.41) is 4.82. The number of phosphoric ester groups is 1. The lowest BCUT2D eigenvalue weighted by Gasteiger charge is -2.39. The maximum absolute atomic E-state index is 12.6. The molecule has 36 heavy (non-hydrogen) atoms. The molecule has 1 saturated heterocycles. The first-order valence-corrected chi connectivity index (χ1v) is 14.0. The van der Waals surface area contributed by atoms with Crippen molar-refractivity contribution in [3.05, 3.63) is 12.2 Å². The van der Waals surface area contributed by atoms with Gasteiger partial charge in [0.05, 0.1) is 25.7 Å². The third-order valence-electron chi connectivity index (χ3n) is 4.83. The molecule has 0 aromatic carbocycles. The Bertz CT molecular complexity index is 892. The quantitative estimate of drug-likeness (QED) is 0.107. The van der Waals surface area contributed by atoms with Crippen LogP contribution in [-0.4, -0.2) is 73.4 Å². The Balaban J connectivity index is 2.34. The first-order chi connectivity index (χ1) is 16.8. The number of allylic oxidation sites excluding steroid dienone is 1. The molecular weight excluding hydrogens is 515 g/mol. The average molecular weight is 551 g/mol. The summed E-state index contributed by atoms with van der Waals surface area (Å²) >= 11 is 0.889. The monoisotopic (exact) mass is 550 g/mol. The van der Waals surface area contributed by atoms with Gasteiger partial charge in [0, 0.05) is 36.8 Å². The van der Waals surface area contributed by atoms with Crippen LogP contribution in [0.15, 0.2) is 12.2 Å². The molecule has 1 aliphatic heterocycles. The zero-order valence-electron chi connectivity index (χ0n) is 21.2. The highest BCUT2D eigenvalue weighted by Gasteiger charge is 2.48. The zero-order valence-corrected chi connectivity index (χ0v) is 22.9. The molecule has 0 radical (unpaired) electrons. The molecule has 0 saturated carbocycles. The molecule has 204 valence electrons. The van der Waals surface area contributed by atoms with Crippen LogP contribution in [0.4, 0.5) is 0 Å². The van der Waals surface area contributed by atoms with E-state index in [-0.39, 0.29) is 51.0 Å². The molecule has 2 amide bonds. The maximum atomic E-state index is 12.6. The fraction of sp³-hybridized carbons (Fsp3) is 0.682. The summed E-state index contributed by atoms with van der Waals surface area (Å²) in [6.45, 7) is 8.62. The van der Waals surface area contributed by atoms with Crippen LogP contribution >= 0.6 is 19.6 Å². The molecule has 0 aliphatic carbocycles. The summed E-state index contributed by atoms with van der Waals surface area (Å²) in [6, 6.07) is 0. The van der Waals surface area contributed by atoms with Crippen molar-refractivity contribution in [3.63, 3.8) is 0 Å². The molecule has 2 N–H and O–H groups in total. The van der Waals surface area contributed by atoms with Crippen LogP contribution in [0, 0.1) is 11.3 Å². The van der Waals surface area contributed by atoms with E-state index in [2.05, 4.69) is 15.4 Å². The van der Waals surface area contributed by atoms with Gasteiger partial charge in [0.15, 0.2) is 17.0 Å². The summed E-state index contributed by atoms with van der Waals surface area (Å²) in [5.74, 6) is -2.76. The van der Waals surface area contributed by atoms with Crippen molar-refractivity contribution in [2.45, 2.75) is 47.1 Å². The van der Waals surface area contributed by atoms with Gasteiger partial charge in [-0.2, -0.15) is 0 Å². The minimum absolute atomic E-state index is 0.00509. The van der Waals surface area contributed by atoms with Gasteiger partial charge in [-0.3, -0.25) is 32.7 Å². The van der Waals surface area contributed by atoms with E-state index in [1.54, 1.807) is 27.7 Å². The minimum atomic E-state index is -3.82. The second-order valence-corrected chi connectivity index (χ2v) is 11.1. The second kappa shape index (κ2) is 15.3. The number of hydrogen-bond acceptors (Lipinski definition) is 11. The van der Waals surface area contributed by atoms with E-state index in [1.807, 2.05) is 0 Å². The smallest absolute Gasteiger partial charge is 0.463 e. The molecule has 0 aromatic heterocycles. The molecule has 1 aliphatic rings. The van der Waals surface area contributed by atoms with Crippen molar-refractivity contribution >= 4 is 48.3 Å². The van der Waals surface area contributed by atoms with Gasteiger partial charge in [-0.05, 0) is 26.8 Å². The van der Waals surface area contributed by atoms with Crippen LogP contribution in [0.5, 0.6) is 0 Å². The summed E-state index contributed by atoms with van der Waals surface area (Å²) in [5.41, 5.74) is -0.756. The number of carbonyl (C=O) groups excluding carboxylic acids is 5. The molecule has 12 nitrogen and oxygen atoms in total. The predicted octanol–water partition coefficient (Wildman–Crippen LogP) is 1.78. The summed E-state index contributed by atoms with van der Waals surface area (Å²) in [6.07, 6.45) is 0.890. The molecule has 0 spiro atoms. The van der Waals surface area contributed by atoms with Crippen molar-refractivity contribution in [2.24, 2.45) is 11.3 Å².